The van der Waals surface area contributed by atoms with E-state index in [0.717, 1.165) is 16.8 Å². The Kier molecular flexibility index (Phi) is 4.73. The second-order valence-electron chi connectivity index (χ2n) is 4.18. The lowest BCUT2D eigenvalue weighted by atomic mass is 10.2. The van der Waals surface area contributed by atoms with Gasteiger partial charge >= 0.3 is 0 Å². The predicted molar refractivity (Wildman–Crippen MR) is 80.8 cm³/mol. The molecule has 0 aliphatic carbocycles. The smallest absolute Gasteiger partial charge is 0.265 e. The first-order valence-corrected chi connectivity index (χ1v) is 6.94. The zero-order chi connectivity index (χ0) is 14.4. The van der Waals surface area contributed by atoms with Gasteiger partial charge in [0.1, 0.15) is 0 Å². The average molecular weight is 289 g/mol. The van der Waals surface area contributed by atoms with Gasteiger partial charge in [-0.15, -0.1) is 0 Å². The SMILES string of the molecule is Cc1ccc(NC(=O)CO/N=C(\N)c2ccsc2)cc1. The van der Waals surface area contributed by atoms with Crippen LogP contribution in [0.4, 0.5) is 5.69 Å². The molecule has 6 heteroatoms. The predicted octanol–water partition coefficient (Wildman–Crippen LogP) is 2.33. The first kappa shape index (κ1) is 14.1. The summed E-state index contributed by atoms with van der Waals surface area (Å²) in [5.41, 5.74) is 8.33. The summed E-state index contributed by atoms with van der Waals surface area (Å²) in [6.45, 7) is 1.80. The lowest BCUT2D eigenvalue weighted by Crippen LogP contribution is -2.19. The number of nitrogens with two attached hydrogens (primary N) is 1. The third-order valence-electron chi connectivity index (χ3n) is 2.51. The maximum Gasteiger partial charge on any atom is 0.265 e. The van der Waals surface area contributed by atoms with E-state index >= 15 is 0 Å². The number of hydrogen-bond donors (Lipinski definition) is 2. The molecule has 2 rings (SSSR count). The Morgan fingerprint density at radius 2 is 2.10 bits per heavy atom. The normalized spacial score (nSPS) is 11.2. The van der Waals surface area contributed by atoms with Crippen LogP contribution >= 0.6 is 11.3 Å². The summed E-state index contributed by atoms with van der Waals surface area (Å²) >= 11 is 1.51. The summed E-state index contributed by atoms with van der Waals surface area (Å²) in [5.74, 6) is -0.0230. The molecule has 0 fully saturated rings. The highest BCUT2D eigenvalue weighted by Gasteiger charge is 2.03. The second-order valence-corrected chi connectivity index (χ2v) is 4.96. The molecule has 0 spiro atoms. The Morgan fingerprint density at radius 1 is 1.35 bits per heavy atom. The maximum absolute atomic E-state index is 11.6. The molecule has 0 unspecified atom stereocenters. The molecule has 0 saturated heterocycles. The summed E-state index contributed by atoms with van der Waals surface area (Å²) in [5, 5.41) is 10.2. The van der Waals surface area contributed by atoms with Crippen molar-refractivity contribution >= 4 is 28.8 Å². The van der Waals surface area contributed by atoms with E-state index in [9.17, 15) is 4.79 Å². The quantitative estimate of drug-likeness (QED) is 0.504. The van der Waals surface area contributed by atoms with Crippen molar-refractivity contribution in [3.63, 3.8) is 0 Å². The highest BCUT2D eigenvalue weighted by Crippen LogP contribution is 2.08. The molecule has 1 amide bonds. The summed E-state index contributed by atoms with van der Waals surface area (Å²) in [6, 6.07) is 9.33. The molecule has 1 aromatic heterocycles. The zero-order valence-corrected chi connectivity index (χ0v) is 11.8. The fourth-order valence-electron chi connectivity index (χ4n) is 1.46. The lowest BCUT2D eigenvalue weighted by molar-refractivity contribution is -0.120. The number of nitrogens with zero attached hydrogens (tertiary/aromatic N) is 1. The van der Waals surface area contributed by atoms with Gasteiger partial charge in [-0.2, -0.15) is 11.3 Å². The molecule has 104 valence electrons. The van der Waals surface area contributed by atoms with Gasteiger partial charge in [0.25, 0.3) is 5.91 Å². The van der Waals surface area contributed by atoms with Crippen LogP contribution in [0.5, 0.6) is 0 Å². The van der Waals surface area contributed by atoms with E-state index in [0.29, 0.717) is 0 Å². The Morgan fingerprint density at radius 3 is 2.75 bits per heavy atom. The van der Waals surface area contributed by atoms with Gasteiger partial charge in [0.15, 0.2) is 12.4 Å². The topological polar surface area (TPSA) is 76.7 Å². The van der Waals surface area contributed by atoms with Crippen LogP contribution in [-0.4, -0.2) is 18.3 Å². The molecule has 1 heterocycles. The van der Waals surface area contributed by atoms with Crippen molar-refractivity contribution in [3.05, 3.63) is 52.2 Å². The minimum absolute atomic E-state index is 0.182. The molecule has 2 aromatic rings. The second kappa shape index (κ2) is 6.72. The van der Waals surface area contributed by atoms with Crippen molar-refractivity contribution in [1.82, 2.24) is 0 Å². The van der Waals surface area contributed by atoms with Crippen LogP contribution in [0.1, 0.15) is 11.1 Å². The summed E-state index contributed by atoms with van der Waals surface area (Å²) in [6.07, 6.45) is 0. The van der Waals surface area contributed by atoms with E-state index in [1.165, 1.54) is 11.3 Å². The van der Waals surface area contributed by atoms with Crippen molar-refractivity contribution in [2.45, 2.75) is 6.92 Å². The van der Waals surface area contributed by atoms with Gasteiger partial charge in [-0.05, 0) is 30.5 Å². The highest BCUT2D eigenvalue weighted by molar-refractivity contribution is 7.08. The van der Waals surface area contributed by atoms with Gasteiger partial charge in [-0.1, -0.05) is 22.9 Å². The lowest BCUT2D eigenvalue weighted by Gasteiger charge is -2.05. The first-order valence-electron chi connectivity index (χ1n) is 5.99. The standard InChI is InChI=1S/C14H15N3O2S/c1-10-2-4-12(5-3-10)16-13(18)8-19-17-14(15)11-6-7-20-9-11/h2-7,9H,8H2,1H3,(H2,15,17)(H,16,18). The van der Waals surface area contributed by atoms with Crippen LogP contribution in [0.15, 0.2) is 46.2 Å². The number of nitrogens with one attached hydrogen (secondary N) is 1. The highest BCUT2D eigenvalue weighted by atomic mass is 32.1. The zero-order valence-electron chi connectivity index (χ0n) is 11.0. The molecule has 0 bridgehead atoms. The number of hydrogen-bond acceptors (Lipinski definition) is 4. The molecule has 0 radical (unpaired) electrons. The van der Waals surface area contributed by atoms with E-state index < -0.39 is 0 Å². The first-order chi connectivity index (χ1) is 9.65. The van der Waals surface area contributed by atoms with Crippen molar-refractivity contribution in [3.8, 4) is 0 Å². The number of aryl methyl sites for hydroxylation is 1. The van der Waals surface area contributed by atoms with Crippen molar-refractivity contribution in [2.75, 3.05) is 11.9 Å². The van der Waals surface area contributed by atoms with Gasteiger partial charge in [-0.25, -0.2) is 0 Å². The van der Waals surface area contributed by atoms with E-state index in [1.807, 2.05) is 48.0 Å². The molecule has 1 aromatic carbocycles. The third kappa shape index (κ3) is 4.10. The molecule has 3 N–H and O–H groups in total. The van der Waals surface area contributed by atoms with Crippen LogP contribution < -0.4 is 11.1 Å². The van der Waals surface area contributed by atoms with E-state index in [-0.39, 0.29) is 18.3 Å². The minimum atomic E-state index is -0.282. The fraction of sp³-hybridized carbons (Fsp3) is 0.143. The van der Waals surface area contributed by atoms with Crippen molar-refractivity contribution in [1.29, 1.82) is 0 Å². The molecule has 5 nitrogen and oxygen atoms in total. The van der Waals surface area contributed by atoms with Crippen LogP contribution in [0.25, 0.3) is 0 Å². The van der Waals surface area contributed by atoms with Crippen molar-refractivity contribution < 1.29 is 9.63 Å². The largest absolute Gasteiger partial charge is 0.384 e. The van der Waals surface area contributed by atoms with Gasteiger partial charge in [0.05, 0.1) is 0 Å². The number of amides is 1. The number of amidine groups is 1. The molecule has 0 aliphatic rings. The number of oxime groups is 1. The molecular weight excluding hydrogens is 274 g/mol. The Labute approximate surface area is 121 Å². The molecule has 0 aliphatic heterocycles. The van der Waals surface area contributed by atoms with Gasteiger partial charge in [0.2, 0.25) is 0 Å². The molecular formula is C14H15N3O2S. The molecule has 0 atom stereocenters. The van der Waals surface area contributed by atoms with E-state index in [4.69, 9.17) is 10.6 Å². The average Bonchev–Trinajstić information content (AvgIpc) is 2.95. The molecule has 0 saturated carbocycles. The fourth-order valence-corrected chi connectivity index (χ4v) is 2.11. The van der Waals surface area contributed by atoms with Crippen LogP contribution in [0.3, 0.4) is 0 Å². The summed E-state index contributed by atoms with van der Waals surface area (Å²) in [4.78, 5) is 16.6. The van der Waals surface area contributed by atoms with Crippen LogP contribution in [-0.2, 0) is 9.63 Å². The Hall–Kier alpha value is -2.34. The Balaban J connectivity index is 1.81. The summed E-state index contributed by atoms with van der Waals surface area (Å²) < 4.78 is 0. The third-order valence-corrected chi connectivity index (χ3v) is 3.19. The number of thiophene rings is 1. The Bertz CT molecular complexity index is 591. The molecule has 20 heavy (non-hydrogen) atoms. The number of benzene rings is 1. The monoisotopic (exact) mass is 289 g/mol. The number of carbonyl (C=O) groups excluding carboxylic acids is 1. The van der Waals surface area contributed by atoms with E-state index in [1.54, 1.807) is 0 Å². The van der Waals surface area contributed by atoms with Crippen LogP contribution in [0.2, 0.25) is 0 Å². The van der Waals surface area contributed by atoms with Crippen LogP contribution in [0, 0.1) is 6.92 Å². The number of rotatable bonds is 5. The number of anilines is 1. The van der Waals surface area contributed by atoms with Gasteiger partial charge < -0.3 is 15.9 Å². The summed E-state index contributed by atoms with van der Waals surface area (Å²) in [7, 11) is 0. The number of carbonyl (C=O) groups is 1. The van der Waals surface area contributed by atoms with Gasteiger partial charge in [-0.3, -0.25) is 4.79 Å². The maximum atomic E-state index is 11.6. The van der Waals surface area contributed by atoms with E-state index in [2.05, 4.69) is 10.5 Å². The minimum Gasteiger partial charge on any atom is -0.384 e. The van der Waals surface area contributed by atoms with Gasteiger partial charge in [0, 0.05) is 16.6 Å². The van der Waals surface area contributed by atoms with Crippen molar-refractivity contribution in [2.24, 2.45) is 10.9 Å².